The van der Waals surface area contributed by atoms with E-state index in [1.165, 1.54) is 23.1 Å². The van der Waals surface area contributed by atoms with Crippen LogP contribution < -0.4 is 10.3 Å². The van der Waals surface area contributed by atoms with Crippen molar-refractivity contribution >= 4 is 38.8 Å². The highest BCUT2D eigenvalue weighted by Gasteiger charge is 2.23. The zero-order valence-corrected chi connectivity index (χ0v) is 16.0. The average Bonchev–Trinajstić information content (AvgIpc) is 2.98. The number of H-pyrrole nitrogens is 1. The number of non-ortho nitro benzene ring substituents is 1. The SMILES string of the molecule is C[C@@H]1CCc2c(sc3nc(COc4ccc([N+](=O)[O-])cc4Cl)[nH]c(=O)c23)C1. The van der Waals surface area contributed by atoms with E-state index in [9.17, 15) is 14.9 Å². The first kappa shape index (κ1) is 17.9. The predicted molar refractivity (Wildman–Crippen MR) is 104 cm³/mol. The van der Waals surface area contributed by atoms with Crippen molar-refractivity contribution in [2.24, 2.45) is 5.92 Å². The van der Waals surface area contributed by atoms with Gasteiger partial charge in [-0.05, 0) is 36.8 Å². The first-order valence-corrected chi connectivity index (χ1v) is 9.72. The Kier molecular flexibility index (Phi) is 4.61. The minimum absolute atomic E-state index is 0.0156. The second kappa shape index (κ2) is 6.94. The van der Waals surface area contributed by atoms with Crippen molar-refractivity contribution in [1.82, 2.24) is 9.97 Å². The van der Waals surface area contributed by atoms with Crippen molar-refractivity contribution in [1.29, 1.82) is 0 Å². The zero-order chi connectivity index (χ0) is 19.1. The first-order valence-electron chi connectivity index (χ1n) is 8.52. The minimum Gasteiger partial charge on any atom is -0.484 e. The highest BCUT2D eigenvalue weighted by Crippen LogP contribution is 2.35. The van der Waals surface area contributed by atoms with Crippen molar-refractivity contribution < 1.29 is 9.66 Å². The molecule has 0 spiro atoms. The zero-order valence-electron chi connectivity index (χ0n) is 14.5. The lowest BCUT2D eigenvalue weighted by Crippen LogP contribution is -2.15. The summed E-state index contributed by atoms with van der Waals surface area (Å²) in [5.41, 5.74) is 0.867. The Balaban J connectivity index is 1.60. The Morgan fingerprint density at radius 1 is 1.48 bits per heavy atom. The van der Waals surface area contributed by atoms with Crippen LogP contribution in [-0.2, 0) is 19.4 Å². The smallest absolute Gasteiger partial charge is 0.271 e. The topological polar surface area (TPSA) is 98.1 Å². The van der Waals surface area contributed by atoms with Crippen LogP contribution in [0.1, 0.15) is 29.6 Å². The molecular formula is C18H16ClN3O4S. The molecule has 140 valence electrons. The summed E-state index contributed by atoms with van der Waals surface area (Å²) in [7, 11) is 0. The van der Waals surface area contributed by atoms with E-state index in [-0.39, 0.29) is 22.9 Å². The molecule has 0 fully saturated rings. The van der Waals surface area contributed by atoms with Gasteiger partial charge >= 0.3 is 0 Å². The van der Waals surface area contributed by atoms with Crippen LogP contribution in [0.5, 0.6) is 5.75 Å². The lowest BCUT2D eigenvalue weighted by molar-refractivity contribution is -0.384. The number of aryl methyl sites for hydroxylation is 1. The Morgan fingerprint density at radius 2 is 2.30 bits per heavy atom. The Hall–Kier alpha value is -2.45. The molecule has 1 aliphatic rings. The summed E-state index contributed by atoms with van der Waals surface area (Å²) in [6.07, 6.45) is 2.98. The summed E-state index contributed by atoms with van der Waals surface area (Å²) in [4.78, 5) is 32.1. The molecule has 0 amide bonds. The standard InChI is InChI=1S/C18H16ClN3O4S/c1-9-2-4-11-14(6-9)27-18-16(11)17(23)20-15(21-18)8-26-13-5-3-10(22(24)25)7-12(13)19/h3,5,7,9H,2,4,6,8H2,1H3,(H,20,21,23)/t9-/m1/s1. The largest absolute Gasteiger partial charge is 0.484 e. The van der Waals surface area contributed by atoms with Crippen LogP contribution in [0.15, 0.2) is 23.0 Å². The lowest BCUT2D eigenvalue weighted by Gasteiger charge is -2.17. The summed E-state index contributed by atoms with van der Waals surface area (Å²) in [6.45, 7) is 2.24. The molecule has 1 N–H and O–H groups in total. The van der Waals surface area contributed by atoms with Crippen LogP contribution in [0.4, 0.5) is 5.69 Å². The molecule has 4 rings (SSSR count). The van der Waals surface area contributed by atoms with Gasteiger partial charge in [-0.3, -0.25) is 14.9 Å². The van der Waals surface area contributed by atoms with Gasteiger partial charge < -0.3 is 9.72 Å². The van der Waals surface area contributed by atoms with Gasteiger partial charge in [-0.25, -0.2) is 4.98 Å². The molecule has 7 nitrogen and oxygen atoms in total. The quantitative estimate of drug-likeness (QED) is 0.516. The number of nitrogens with zero attached hydrogens (tertiary/aromatic N) is 2. The molecule has 0 saturated carbocycles. The Bertz CT molecular complexity index is 1110. The van der Waals surface area contributed by atoms with Crippen molar-refractivity contribution in [3.8, 4) is 5.75 Å². The van der Waals surface area contributed by atoms with Gasteiger partial charge in [0.2, 0.25) is 0 Å². The van der Waals surface area contributed by atoms with E-state index in [1.807, 2.05) is 0 Å². The molecule has 1 aliphatic carbocycles. The third kappa shape index (κ3) is 3.42. The monoisotopic (exact) mass is 405 g/mol. The lowest BCUT2D eigenvalue weighted by atomic mass is 9.89. The number of thiophene rings is 1. The molecule has 9 heteroatoms. The number of nitro groups is 1. The number of fused-ring (bicyclic) bond motifs is 3. The molecule has 0 bridgehead atoms. The number of halogens is 1. The Labute approximate surface area is 163 Å². The van der Waals surface area contributed by atoms with Gasteiger partial charge in [0.15, 0.2) is 0 Å². The van der Waals surface area contributed by atoms with Gasteiger partial charge in [-0.2, -0.15) is 0 Å². The van der Waals surface area contributed by atoms with Crippen molar-refractivity contribution in [3.63, 3.8) is 0 Å². The fourth-order valence-electron chi connectivity index (χ4n) is 3.33. The molecule has 27 heavy (non-hydrogen) atoms. The fourth-order valence-corrected chi connectivity index (χ4v) is 4.96. The third-order valence-corrected chi connectivity index (χ3v) is 6.15. The molecule has 1 aromatic carbocycles. The molecule has 2 heterocycles. The van der Waals surface area contributed by atoms with Crippen molar-refractivity contribution in [3.05, 3.63) is 60.0 Å². The summed E-state index contributed by atoms with van der Waals surface area (Å²) in [5, 5.41) is 11.6. The first-order chi connectivity index (χ1) is 12.9. The van der Waals surface area contributed by atoms with Crippen LogP contribution in [-0.4, -0.2) is 14.9 Å². The van der Waals surface area contributed by atoms with E-state index in [0.717, 1.165) is 29.7 Å². The maximum absolute atomic E-state index is 12.6. The van der Waals surface area contributed by atoms with Gasteiger partial charge in [-0.15, -0.1) is 11.3 Å². The maximum Gasteiger partial charge on any atom is 0.271 e. The van der Waals surface area contributed by atoms with E-state index >= 15 is 0 Å². The van der Waals surface area contributed by atoms with Gasteiger partial charge in [0.25, 0.3) is 11.2 Å². The number of nitrogens with one attached hydrogen (secondary N) is 1. The highest BCUT2D eigenvalue weighted by atomic mass is 35.5. The van der Waals surface area contributed by atoms with E-state index in [4.69, 9.17) is 16.3 Å². The summed E-state index contributed by atoms with van der Waals surface area (Å²) in [6, 6.07) is 3.97. The number of aromatic amines is 1. The van der Waals surface area contributed by atoms with Crippen LogP contribution >= 0.6 is 22.9 Å². The summed E-state index contributed by atoms with van der Waals surface area (Å²) < 4.78 is 5.60. The van der Waals surface area contributed by atoms with Crippen LogP contribution in [0.2, 0.25) is 5.02 Å². The second-order valence-corrected chi connectivity index (χ2v) is 8.20. The van der Waals surface area contributed by atoms with E-state index in [0.29, 0.717) is 22.9 Å². The molecule has 1 atom stereocenters. The number of ether oxygens (including phenoxy) is 1. The van der Waals surface area contributed by atoms with Crippen LogP contribution in [0.3, 0.4) is 0 Å². The summed E-state index contributed by atoms with van der Waals surface area (Å²) in [5.74, 6) is 1.31. The van der Waals surface area contributed by atoms with Gasteiger partial charge in [0.1, 0.15) is 23.0 Å². The van der Waals surface area contributed by atoms with Crippen LogP contribution in [0.25, 0.3) is 10.2 Å². The number of nitro benzene ring substituents is 1. The van der Waals surface area contributed by atoms with Crippen molar-refractivity contribution in [2.45, 2.75) is 32.8 Å². The number of hydrogen-bond donors (Lipinski definition) is 1. The fraction of sp³-hybridized carbons (Fsp3) is 0.333. The number of benzene rings is 1. The van der Waals surface area contributed by atoms with Gasteiger partial charge in [0.05, 0.1) is 15.3 Å². The average molecular weight is 406 g/mol. The highest BCUT2D eigenvalue weighted by molar-refractivity contribution is 7.18. The number of aromatic nitrogens is 2. The number of rotatable bonds is 4. The van der Waals surface area contributed by atoms with Gasteiger partial charge in [-0.1, -0.05) is 18.5 Å². The second-order valence-electron chi connectivity index (χ2n) is 6.71. The van der Waals surface area contributed by atoms with E-state index in [2.05, 4.69) is 16.9 Å². The summed E-state index contributed by atoms with van der Waals surface area (Å²) >= 11 is 7.60. The number of hydrogen-bond acceptors (Lipinski definition) is 6. The predicted octanol–water partition coefficient (Wildman–Crippen LogP) is 4.25. The molecule has 0 saturated heterocycles. The minimum atomic E-state index is -0.526. The van der Waals surface area contributed by atoms with Crippen LogP contribution in [0, 0.1) is 16.0 Å². The molecule has 3 aromatic rings. The molecule has 0 unspecified atom stereocenters. The Morgan fingerprint density at radius 3 is 3.04 bits per heavy atom. The third-order valence-electron chi connectivity index (χ3n) is 4.71. The van der Waals surface area contributed by atoms with Crippen molar-refractivity contribution in [2.75, 3.05) is 0 Å². The molecule has 2 aromatic heterocycles. The molecule has 0 radical (unpaired) electrons. The maximum atomic E-state index is 12.6. The molecule has 0 aliphatic heterocycles. The van der Waals surface area contributed by atoms with E-state index in [1.54, 1.807) is 11.3 Å². The normalized spacial score (nSPS) is 16.3. The molecular weight excluding hydrogens is 390 g/mol. The van der Waals surface area contributed by atoms with Gasteiger partial charge in [0, 0.05) is 17.0 Å². The van der Waals surface area contributed by atoms with E-state index < -0.39 is 4.92 Å².